The number of hydrogen-bond donors (Lipinski definition) is 1. The molecule has 1 heterocycles. The van der Waals surface area contributed by atoms with Crippen molar-refractivity contribution in [2.24, 2.45) is 0 Å². The fraction of sp³-hybridized carbons (Fsp3) is 0.278. The van der Waals surface area contributed by atoms with Crippen molar-refractivity contribution >= 4 is 45.0 Å². The summed E-state index contributed by atoms with van der Waals surface area (Å²) >= 11 is 1.34. The van der Waals surface area contributed by atoms with E-state index in [9.17, 15) is 14.4 Å². The van der Waals surface area contributed by atoms with E-state index in [0.717, 1.165) is 21.7 Å². The van der Waals surface area contributed by atoms with Crippen molar-refractivity contribution in [3.05, 3.63) is 40.4 Å². The second kappa shape index (κ2) is 8.48. The molecule has 0 fully saturated rings. The van der Waals surface area contributed by atoms with Gasteiger partial charge in [-0.1, -0.05) is 0 Å². The maximum Gasteiger partial charge on any atom is 0.354 e. The van der Waals surface area contributed by atoms with E-state index < -0.39 is 11.9 Å². The van der Waals surface area contributed by atoms with E-state index in [2.05, 4.69) is 14.8 Å². The Morgan fingerprint density at radius 2 is 1.92 bits per heavy atom. The van der Waals surface area contributed by atoms with Crippen molar-refractivity contribution in [2.45, 2.75) is 13.8 Å². The fourth-order valence-corrected chi connectivity index (χ4v) is 3.36. The average molecular weight is 377 g/mol. The Kier molecular flexibility index (Phi) is 6.35. The van der Waals surface area contributed by atoms with E-state index in [1.165, 1.54) is 25.6 Å². The zero-order chi connectivity index (χ0) is 19.3. The zero-order valence-corrected chi connectivity index (χ0v) is 15.7. The highest BCUT2D eigenvalue weighted by atomic mass is 32.1. The monoisotopic (exact) mass is 377 g/mol. The summed E-state index contributed by atoms with van der Waals surface area (Å²) in [5.41, 5.74) is 1.30. The summed E-state index contributed by atoms with van der Waals surface area (Å²) in [4.78, 5) is 35.9. The largest absolute Gasteiger partial charge is 0.466 e. The van der Waals surface area contributed by atoms with Crippen LogP contribution in [0.5, 0.6) is 0 Å². The van der Waals surface area contributed by atoms with Gasteiger partial charge in [0.1, 0.15) is 10.6 Å². The predicted octanol–water partition coefficient (Wildman–Crippen LogP) is 3.03. The quantitative estimate of drug-likeness (QED) is 0.470. The first-order valence-electron chi connectivity index (χ1n) is 7.76. The Morgan fingerprint density at radius 3 is 2.54 bits per heavy atom. The molecule has 0 aliphatic rings. The number of carbonyl (C=O) groups is 3. The molecule has 0 aliphatic carbocycles. The van der Waals surface area contributed by atoms with Crippen molar-refractivity contribution in [1.29, 1.82) is 0 Å². The molecule has 2 rings (SSSR count). The Bertz CT molecular complexity index is 883. The molecule has 8 heteroatoms. The maximum atomic E-state index is 12.0. The van der Waals surface area contributed by atoms with Gasteiger partial charge in [0.05, 0.1) is 26.9 Å². The van der Waals surface area contributed by atoms with Gasteiger partial charge < -0.3 is 19.5 Å². The molecule has 7 nitrogen and oxygen atoms in total. The predicted molar refractivity (Wildman–Crippen MR) is 98.3 cm³/mol. The molecule has 0 radical (unpaired) electrons. The van der Waals surface area contributed by atoms with Gasteiger partial charge in [0.25, 0.3) is 0 Å². The van der Waals surface area contributed by atoms with Crippen LogP contribution in [0.1, 0.15) is 22.2 Å². The van der Waals surface area contributed by atoms with Gasteiger partial charge in [-0.05, 0) is 43.0 Å². The van der Waals surface area contributed by atoms with Crippen LogP contribution in [0, 0.1) is 6.92 Å². The number of ether oxygens (including phenoxy) is 3. The van der Waals surface area contributed by atoms with Crippen LogP contribution in [-0.2, 0) is 23.8 Å². The van der Waals surface area contributed by atoms with E-state index in [4.69, 9.17) is 4.74 Å². The minimum Gasteiger partial charge on any atom is -0.466 e. The summed E-state index contributed by atoms with van der Waals surface area (Å²) in [6, 6.07) is 5.35. The van der Waals surface area contributed by atoms with Gasteiger partial charge in [0.2, 0.25) is 0 Å². The van der Waals surface area contributed by atoms with Gasteiger partial charge in [-0.15, -0.1) is 11.3 Å². The topological polar surface area (TPSA) is 90.9 Å². The van der Waals surface area contributed by atoms with Crippen LogP contribution in [0.4, 0.5) is 5.69 Å². The number of nitrogens with one attached hydrogen (secondary N) is 1. The third kappa shape index (κ3) is 4.20. The van der Waals surface area contributed by atoms with Gasteiger partial charge >= 0.3 is 17.9 Å². The van der Waals surface area contributed by atoms with Crippen molar-refractivity contribution in [2.75, 3.05) is 26.1 Å². The van der Waals surface area contributed by atoms with Gasteiger partial charge in [0.15, 0.2) is 0 Å². The molecule has 0 spiro atoms. The molecule has 1 aromatic carbocycles. The molecule has 0 unspecified atom stereocenters. The minimum absolute atomic E-state index is 0.0581. The number of methoxy groups -OCH3 is 2. The molecule has 1 aromatic heterocycles. The third-order valence-corrected chi connectivity index (χ3v) is 4.80. The first-order valence-corrected chi connectivity index (χ1v) is 8.58. The average Bonchev–Trinajstić information content (AvgIpc) is 2.97. The minimum atomic E-state index is -0.704. The van der Waals surface area contributed by atoms with Crippen LogP contribution in [0.3, 0.4) is 0 Å². The highest BCUT2D eigenvalue weighted by Gasteiger charge is 2.18. The van der Waals surface area contributed by atoms with Crippen molar-refractivity contribution in [1.82, 2.24) is 0 Å². The summed E-state index contributed by atoms with van der Waals surface area (Å²) in [6.45, 7) is 3.89. The molecule has 0 bridgehead atoms. The summed E-state index contributed by atoms with van der Waals surface area (Å²) in [5, 5.41) is 3.70. The fourth-order valence-electron chi connectivity index (χ4n) is 2.28. The Hall–Kier alpha value is -2.87. The summed E-state index contributed by atoms with van der Waals surface area (Å²) in [5.74, 6) is -1.75. The second-order valence-electron chi connectivity index (χ2n) is 5.19. The van der Waals surface area contributed by atoms with Crippen LogP contribution in [0.15, 0.2) is 30.0 Å². The van der Waals surface area contributed by atoms with Crippen molar-refractivity contribution in [3.8, 4) is 0 Å². The Balaban J connectivity index is 2.39. The zero-order valence-electron chi connectivity index (χ0n) is 14.9. The summed E-state index contributed by atoms with van der Waals surface area (Å²) in [7, 11) is 2.43. The molecule has 1 N–H and O–H groups in total. The lowest BCUT2D eigenvalue weighted by Gasteiger charge is -2.09. The van der Waals surface area contributed by atoms with Crippen molar-refractivity contribution < 1.29 is 28.6 Å². The number of hydrogen-bond acceptors (Lipinski definition) is 8. The molecule has 0 amide bonds. The lowest BCUT2D eigenvalue weighted by atomic mass is 10.1. The number of fused-ring (bicyclic) bond motifs is 1. The molecular weight excluding hydrogens is 358 g/mol. The summed E-state index contributed by atoms with van der Waals surface area (Å²) < 4.78 is 15.2. The molecule has 0 saturated heterocycles. The van der Waals surface area contributed by atoms with Gasteiger partial charge in [0, 0.05) is 10.4 Å². The molecular formula is C18H19NO6S. The molecule has 0 saturated carbocycles. The highest BCUT2D eigenvalue weighted by molar-refractivity contribution is 7.21. The van der Waals surface area contributed by atoms with Crippen LogP contribution < -0.4 is 5.32 Å². The third-order valence-electron chi connectivity index (χ3n) is 3.54. The van der Waals surface area contributed by atoms with Crippen LogP contribution in [0.25, 0.3) is 10.1 Å². The molecule has 0 aliphatic heterocycles. The number of esters is 3. The molecule has 2 aromatic rings. The number of aryl methyl sites for hydroxylation is 1. The lowest BCUT2D eigenvalue weighted by molar-refractivity contribution is -0.138. The number of benzene rings is 1. The molecule has 0 atom stereocenters. The standard InChI is InChI=1S/C18H19NO6S/c1-5-25-18(22)16-10(2)12-8-11(6-7-14(12)26-16)19-13(17(21)24-4)9-15(20)23-3/h6-9,19H,5H2,1-4H3/b13-9+. The first kappa shape index (κ1) is 19.5. The lowest BCUT2D eigenvalue weighted by Crippen LogP contribution is -2.15. The molecule has 26 heavy (non-hydrogen) atoms. The number of rotatable bonds is 6. The molecule has 138 valence electrons. The van der Waals surface area contributed by atoms with E-state index in [-0.39, 0.29) is 11.7 Å². The van der Waals surface area contributed by atoms with E-state index in [1.807, 2.05) is 13.0 Å². The number of thiophene rings is 1. The SMILES string of the molecule is CCOC(=O)c1sc2ccc(N/C(=C/C(=O)OC)C(=O)OC)cc2c1C. The van der Waals surface area contributed by atoms with Crippen LogP contribution in [0.2, 0.25) is 0 Å². The van der Waals surface area contributed by atoms with Gasteiger partial charge in [-0.25, -0.2) is 14.4 Å². The van der Waals surface area contributed by atoms with Crippen molar-refractivity contribution in [3.63, 3.8) is 0 Å². The van der Waals surface area contributed by atoms with Gasteiger partial charge in [-0.3, -0.25) is 0 Å². The van der Waals surface area contributed by atoms with Gasteiger partial charge in [-0.2, -0.15) is 0 Å². The highest BCUT2D eigenvalue weighted by Crippen LogP contribution is 2.33. The van der Waals surface area contributed by atoms with Crippen LogP contribution in [-0.4, -0.2) is 38.7 Å². The summed E-state index contributed by atoms with van der Waals surface area (Å²) in [6.07, 6.45) is 1.01. The van der Waals surface area contributed by atoms with E-state index in [1.54, 1.807) is 19.1 Å². The number of anilines is 1. The van der Waals surface area contributed by atoms with E-state index >= 15 is 0 Å². The second-order valence-corrected chi connectivity index (χ2v) is 6.24. The number of carbonyl (C=O) groups excluding carboxylic acids is 3. The normalized spacial score (nSPS) is 11.2. The van der Waals surface area contributed by atoms with Crippen LogP contribution >= 0.6 is 11.3 Å². The maximum absolute atomic E-state index is 12.0. The van der Waals surface area contributed by atoms with E-state index in [0.29, 0.717) is 17.2 Å². The Morgan fingerprint density at radius 1 is 1.19 bits per heavy atom. The smallest absolute Gasteiger partial charge is 0.354 e. The Labute approximate surface area is 154 Å². The first-order chi connectivity index (χ1) is 12.4.